The molecule has 1 amide bonds. The van der Waals surface area contributed by atoms with Crippen molar-refractivity contribution in [2.45, 2.75) is 32.9 Å². The van der Waals surface area contributed by atoms with Crippen LogP contribution in [0.3, 0.4) is 0 Å². The first-order valence-corrected chi connectivity index (χ1v) is 5.27. The summed E-state index contributed by atoms with van der Waals surface area (Å²) in [6.07, 6.45) is -0.554. The molecule has 5 heteroatoms. The highest BCUT2D eigenvalue weighted by Crippen LogP contribution is 2.14. The SMILES string of the molecule is CC(C)(C)NC(=O)OCc1cc(F)ccc1N. The Bertz CT molecular complexity index is 413. The number of nitrogens with two attached hydrogens (primary N) is 1. The predicted molar refractivity (Wildman–Crippen MR) is 63.9 cm³/mol. The number of halogens is 1. The quantitative estimate of drug-likeness (QED) is 0.780. The van der Waals surface area contributed by atoms with E-state index in [0.717, 1.165) is 0 Å². The molecule has 3 N–H and O–H groups in total. The second-order valence-electron chi connectivity index (χ2n) is 4.79. The molecule has 0 aliphatic carbocycles. The molecule has 0 aliphatic heterocycles. The number of rotatable bonds is 2. The number of alkyl carbamates (subject to hydrolysis) is 1. The van der Waals surface area contributed by atoms with Crippen molar-refractivity contribution < 1.29 is 13.9 Å². The minimum Gasteiger partial charge on any atom is -0.445 e. The zero-order valence-corrected chi connectivity index (χ0v) is 10.2. The molecule has 1 aromatic carbocycles. The molecule has 0 spiro atoms. The van der Waals surface area contributed by atoms with Gasteiger partial charge in [0.05, 0.1) is 0 Å². The van der Waals surface area contributed by atoms with E-state index >= 15 is 0 Å². The van der Waals surface area contributed by atoms with Gasteiger partial charge in [-0.15, -0.1) is 0 Å². The number of nitrogens with one attached hydrogen (secondary N) is 1. The molecular formula is C12H17FN2O2. The topological polar surface area (TPSA) is 64.3 Å². The van der Waals surface area contributed by atoms with Crippen LogP contribution in [0.5, 0.6) is 0 Å². The molecule has 0 bridgehead atoms. The van der Waals surface area contributed by atoms with Gasteiger partial charge >= 0.3 is 6.09 Å². The Labute approximate surface area is 100.0 Å². The molecule has 17 heavy (non-hydrogen) atoms. The van der Waals surface area contributed by atoms with E-state index in [-0.39, 0.29) is 12.1 Å². The molecule has 1 aromatic rings. The number of hydrogen-bond donors (Lipinski definition) is 2. The first-order valence-electron chi connectivity index (χ1n) is 5.27. The van der Waals surface area contributed by atoms with Crippen LogP contribution in [-0.4, -0.2) is 11.6 Å². The molecular weight excluding hydrogens is 223 g/mol. The summed E-state index contributed by atoms with van der Waals surface area (Å²) in [4.78, 5) is 11.4. The van der Waals surface area contributed by atoms with E-state index in [0.29, 0.717) is 11.3 Å². The van der Waals surface area contributed by atoms with Gasteiger partial charge in [0.25, 0.3) is 0 Å². The van der Waals surface area contributed by atoms with Gasteiger partial charge in [0.1, 0.15) is 12.4 Å². The fourth-order valence-corrected chi connectivity index (χ4v) is 1.18. The minimum absolute atomic E-state index is 0.0501. The second-order valence-corrected chi connectivity index (χ2v) is 4.79. The van der Waals surface area contributed by atoms with E-state index in [1.807, 2.05) is 20.8 Å². The van der Waals surface area contributed by atoms with Gasteiger partial charge in [-0.25, -0.2) is 9.18 Å². The van der Waals surface area contributed by atoms with E-state index < -0.39 is 11.9 Å². The second kappa shape index (κ2) is 5.03. The Morgan fingerprint density at radius 1 is 1.47 bits per heavy atom. The molecule has 0 atom stereocenters. The van der Waals surface area contributed by atoms with Crippen LogP contribution < -0.4 is 11.1 Å². The summed E-state index contributed by atoms with van der Waals surface area (Å²) in [5.74, 6) is -0.408. The van der Waals surface area contributed by atoms with Crippen LogP contribution >= 0.6 is 0 Å². The lowest BCUT2D eigenvalue weighted by Gasteiger charge is -2.20. The lowest BCUT2D eigenvalue weighted by atomic mass is 10.1. The molecule has 4 nitrogen and oxygen atoms in total. The zero-order valence-electron chi connectivity index (χ0n) is 10.2. The van der Waals surface area contributed by atoms with Crippen LogP contribution in [-0.2, 0) is 11.3 Å². The molecule has 1 rings (SSSR count). The Balaban J connectivity index is 2.56. The van der Waals surface area contributed by atoms with Crippen molar-refractivity contribution in [3.8, 4) is 0 Å². The summed E-state index contributed by atoms with van der Waals surface area (Å²) >= 11 is 0. The van der Waals surface area contributed by atoms with Crippen LogP contribution in [0.15, 0.2) is 18.2 Å². The van der Waals surface area contributed by atoms with Gasteiger partial charge in [0.15, 0.2) is 0 Å². The highest BCUT2D eigenvalue weighted by molar-refractivity contribution is 5.68. The van der Waals surface area contributed by atoms with Crippen molar-refractivity contribution in [2.24, 2.45) is 0 Å². The van der Waals surface area contributed by atoms with Crippen molar-refractivity contribution in [3.05, 3.63) is 29.6 Å². The first kappa shape index (κ1) is 13.3. The number of nitrogen functional groups attached to an aromatic ring is 1. The number of ether oxygens (including phenoxy) is 1. The van der Waals surface area contributed by atoms with E-state index in [9.17, 15) is 9.18 Å². The maximum Gasteiger partial charge on any atom is 0.407 e. The van der Waals surface area contributed by atoms with Crippen molar-refractivity contribution in [1.29, 1.82) is 0 Å². The van der Waals surface area contributed by atoms with Gasteiger partial charge in [-0.05, 0) is 39.0 Å². The number of carbonyl (C=O) groups excluding carboxylic acids is 1. The third-order valence-electron chi connectivity index (χ3n) is 1.94. The highest BCUT2D eigenvalue weighted by Gasteiger charge is 2.14. The molecule has 0 radical (unpaired) electrons. The molecule has 0 fully saturated rings. The molecule has 0 heterocycles. The van der Waals surface area contributed by atoms with Gasteiger partial charge in [0.2, 0.25) is 0 Å². The number of anilines is 1. The van der Waals surface area contributed by atoms with Gasteiger partial charge in [-0.3, -0.25) is 0 Å². The third-order valence-corrected chi connectivity index (χ3v) is 1.94. The van der Waals surface area contributed by atoms with Crippen molar-refractivity contribution in [2.75, 3.05) is 5.73 Å². The van der Waals surface area contributed by atoms with Gasteiger partial charge in [0, 0.05) is 16.8 Å². The largest absolute Gasteiger partial charge is 0.445 e. The van der Waals surface area contributed by atoms with E-state index in [4.69, 9.17) is 10.5 Å². The molecule has 0 aromatic heterocycles. The van der Waals surface area contributed by atoms with Crippen LogP contribution in [0.1, 0.15) is 26.3 Å². The van der Waals surface area contributed by atoms with Gasteiger partial charge in [-0.1, -0.05) is 0 Å². The fourth-order valence-electron chi connectivity index (χ4n) is 1.18. The molecule has 94 valence electrons. The average Bonchev–Trinajstić information content (AvgIpc) is 2.17. The summed E-state index contributed by atoms with van der Waals surface area (Å²) in [6.45, 7) is 5.46. The zero-order chi connectivity index (χ0) is 13.1. The highest BCUT2D eigenvalue weighted by atomic mass is 19.1. The van der Waals surface area contributed by atoms with E-state index in [1.54, 1.807) is 0 Å². The van der Waals surface area contributed by atoms with Crippen molar-refractivity contribution in [3.63, 3.8) is 0 Å². The van der Waals surface area contributed by atoms with Crippen molar-refractivity contribution >= 4 is 11.8 Å². The number of benzene rings is 1. The van der Waals surface area contributed by atoms with Gasteiger partial charge < -0.3 is 15.8 Å². The van der Waals surface area contributed by atoms with E-state index in [1.165, 1.54) is 18.2 Å². The normalized spacial score (nSPS) is 11.1. The fraction of sp³-hybridized carbons (Fsp3) is 0.417. The minimum atomic E-state index is -0.554. The van der Waals surface area contributed by atoms with Crippen LogP contribution in [0.2, 0.25) is 0 Å². The summed E-state index contributed by atoms with van der Waals surface area (Å²) in [5, 5.41) is 2.63. The average molecular weight is 240 g/mol. The number of carbonyl (C=O) groups is 1. The molecule has 0 unspecified atom stereocenters. The van der Waals surface area contributed by atoms with Crippen LogP contribution in [0.4, 0.5) is 14.9 Å². The third kappa shape index (κ3) is 4.72. The van der Waals surface area contributed by atoms with Crippen LogP contribution in [0, 0.1) is 5.82 Å². The maximum atomic E-state index is 12.9. The monoisotopic (exact) mass is 240 g/mol. The number of amides is 1. The summed E-state index contributed by atoms with van der Waals surface area (Å²) in [5.41, 5.74) is 6.11. The summed E-state index contributed by atoms with van der Waals surface area (Å²) < 4.78 is 17.9. The van der Waals surface area contributed by atoms with Gasteiger partial charge in [-0.2, -0.15) is 0 Å². The van der Waals surface area contributed by atoms with Crippen molar-refractivity contribution in [1.82, 2.24) is 5.32 Å². The lowest BCUT2D eigenvalue weighted by Crippen LogP contribution is -2.40. The molecule has 0 aliphatic rings. The Hall–Kier alpha value is -1.78. The Morgan fingerprint density at radius 3 is 2.71 bits per heavy atom. The lowest BCUT2D eigenvalue weighted by molar-refractivity contribution is 0.131. The molecule has 0 saturated carbocycles. The van der Waals surface area contributed by atoms with E-state index in [2.05, 4.69) is 5.32 Å². The Morgan fingerprint density at radius 2 is 2.12 bits per heavy atom. The predicted octanol–water partition coefficient (Wildman–Crippen LogP) is 2.43. The standard InChI is InChI=1S/C12H17FN2O2/c1-12(2,3)15-11(16)17-7-8-6-9(13)4-5-10(8)14/h4-6H,7,14H2,1-3H3,(H,15,16). The van der Waals surface area contributed by atoms with Crippen LogP contribution in [0.25, 0.3) is 0 Å². The first-order chi connectivity index (χ1) is 7.78. The smallest absolute Gasteiger partial charge is 0.407 e. The maximum absolute atomic E-state index is 12.9. The molecule has 0 saturated heterocycles. The Kier molecular flexibility index (Phi) is 3.93. The number of hydrogen-bond acceptors (Lipinski definition) is 3. The summed E-state index contributed by atoms with van der Waals surface area (Å²) in [7, 11) is 0. The summed E-state index contributed by atoms with van der Waals surface area (Å²) in [6, 6.07) is 3.95.